The fourth-order valence-corrected chi connectivity index (χ4v) is 3.91. The Morgan fingerprint density at radius 3 is 2.48 bits per heavy atom. The van der Waals surface area contributed by atoms with E-state index in [1.54, 1.807) is 29.6 Å². The minimum atomic E-state index is -3.75. The molecule has 2 rings (SSSR count). The molecule has 0 aliphatic heterocycles. The molecule has 7 heteroatoms. The van der Waals surface area contributed by atoms with Gasteiger partial charge in [0.2, 0.25) is 10.0 Å². The fourth-order valence-electron chi connectivity index (χ4n) is 1.84. The Morgan fingerprint density at radius 1 is 1.29 bits per heavy atom. The van der Waals surface area contributed by atoms with Gasteiger partial charge in [0.25, 0.3) is 0 Å². The van der Waals surface area contributed by atoms with Crippen molar-refractivity contribution in [2.75, 3.05) is 0 Å². The van der Waals surface area contributed by atoms with Gasteiger partial charge in [0.1, 0.15) is 0 Å². The highest BCUT2D eigenvalue weighted by molar-refractivity contribution is 7.89. The molecule has 2 aromatic rings. The monoisotopic (exact) mass is 325 g/mol. The number of carboxylic acid groups (broad SMARTS) is 1. The average Bonchev–Trinajstić information content (AvgIpc) is 2.91. The topological polar surface area (TPSA) is 83.5 Å². The molecule has 0 fully saturated rings. The molecule has 0 saturated carbocycles. The first-order chi connectivity index (χ1) is 9.88. The van der Waals surface area contributed by atoms with E-state index in [0.29, 0.717) is 4.88 Å². The molecule has 2 N–H and O–H groups in total. The molecular weight excluding hydrogens is 310 g/mol. The Labute approximate surface area is 127 Å². The van der Waals surface area contributed by atoms with Gasteiger partial charge in [-0.25, -0.2) is 13.1 Å². The first-order valence-corrected chi connectivity index (χ1v) is 8.59. The van der Waals surface area contributed by atoms with E-state index in [4.69, 9.17) is 5.11 Å². The second-order valence-corrected chi connectivity index (χ2v) is 7.29. The molecule has 0 amide bonds. The molecule has 1 aromatic carbocycles. The molecule has 0 bridgehead atoms. The van der Waals surface area contributed by atoms with E-state index in [1.165, 1.54) is 23.5 Å². The van der Waals surface area contributed by atoms with Crippen LogP contribution in [0.4, 0.5) is 0 Å². The van der Waals surface area contributed by atoms with Crippen LogP contribution in [-0.2, 0) is 14.8 Å². The predicted molar refractivity (Wildman–Crippen MR) is 80.8 cm³/mol. The number of hydrogen-bond acceptors (Lipinski definition) is 4. The van der Waals surface area contributed by atoms with Crippen molar-refractivity contribution in [1.29, 1.82) is 0 Å². The van der Waals surface area contributed by atoms with Gasteiger partial charge in [-0.15, -0.1) is 11.3 Å². The van der Waals surface area contributed by atoms with E-state index < -0.39 is 22.0 Å². The smallest absolute Gasteiger partial charge is 0.305 e. The summed E-state index contributed by atoms with van der Waals surface area (Å²) in [5.74, 6) is -1.06. The summed E-state index contributed by atoms with van der Waals surface area (Å²) in [5.41, 5.74) is 0.953. The number of aliphatic carboxylic acids is 1. The van der Waals surface area contributed by atoms with Crippen molar-refractivity contribution in [2.24, 2.45) is 0 Å². The number of sulfonamides is 1. The summed E-state index contributed by atoms with van der Waals surface area (Å²) < 4.78 is 27.1. The van der Waals surface area contributed by atoms with Gasteiger partial charge < -0.3 is 5.11 Å². The molecule has 0 unspecified atom stereocenters. The molecule has 0 spiro atoms. The molecule has 0 aliphatic rings. The summed E-state index contributed by atoms with van der Waals surface area (Å²) >= 11 is 1.32. The highest BCUT2D eigenvalue weighted by atomic mass is 32.2. The molecule has 21 heavy (non-hydrogen) atoms. The minimum Gasteiger partial charge on any atom is -0.481 e. The normalized spacial score (nSPS) is 13.0. The molecule has 112 valence electrons. The van der Waals surface area contributed by atoms with E-state index >= 15 is 0 Å². The maximum absolute atomic E-state index is 12.3. The molecule has 1 heterocycles. The number of aryl methyl sites for hydroxylation is 1. The largest absolute Gasteiger partial charge is 0.481 e. The zero-order valence-corrected chi connectivity index (χ0v) is 12.9. The van der Waals surface area contributed by atoms with Crippen LogP contribution >= 0.6 is 11.3 Å². The number of thiophene rings is 1. The van der Waals surface area contributed by atoms with Gasteiger partial charge in [0.05, 0.1) is 17.4 Å². The first kappa shape index (κ1) is 15.7. The van der Waals surface area contributed by atoms with Gasteiger partial charge in [-0.2, -0.15) is 0 Å². The second-order valence-electron chi connectivity index (χ2n) is 4.60. The van der Waals surface area contributed by atoms with Crippen molar-refractivity contribution in [3.8, 4) is 0 Å². The fraction of sp³-hybridized carbons (Fsp3) is 0.214. The van der Waals surface area contributed by atoms with E-state index in [9.17, 15) is 13.2 Å². The zero-order chi connectivity index (χ0) is 15.5. The third kappa shape index (κ3) is 4.13. The molecule has 0 saturated heterocycles. The number of rotatable bonds is 6. The standard InChI is InChI=1S/C14H15NO4S2/c1-10-4-6-11(7-5-10)21(18,19)15-12(9-14(16)17)13-3-2-8-20-13/h2-8,12,15H,9H2,1H3,(H,16,17)/t12-/m1/s1. The van der Waals surface area contributed by atoms with Crippen LogP contribution in [0.25, 0.3) is 0 Å². The summed E-state index contributed by atoms with van der Waals surface area (Å²) in [4.78, 5) is 11.7. The summed E-state index contributed by atoms with van der Waals surface area (Å²) in [7, 11) is -3.75. The maximum Gasteiger partial charge on any atom is 0.305 e. The Balaban J connectivity index is 2.27. The van der Waals surface area contributed by atoms with E-state index in [1.807, 2.05) is 6.92 Å². The lowest BCUT2D eigenvalue weighted by atomic mass is 10.2. The Bertz CT molecular complexity index is 706. The van der Waals surface area contributed by atoms with Crippen molar-refractivity contribution in [2.45, 2.75) is 24.3 Å². The maximum atomic E-state index is 12.3. The molecule has 1 atom stereocenters. The third-order valence-corrected chi connectivity index (χ3v) is 5.37. The summed E-state index contributed by atoms with van der Waals surface area (Å²) in [6.45, 7) is 1.86. The lowest BCUT2D eigenvalue weighted by Crippen LogP contribution is -2.29. The van der Waals surface area contributed by atoms with Crippen LogP contribution in [0.1, 0.15) is 22.9 Å². The molecule has 1 aromatic heterocycles. The van der Waals surface area contributed by atoms with Crippen LogP contribution in [0.5, 0.6) is 0 Å². The van der Waals surface area contributed by atoms with Crippen molar-refractivity contribution >= 4 is 27.3 Å². The van der Waals surface area contributed by atoms with Crippen LogP contribution < -0.4 is 4.72 Å². The number of carboxylic acids is 1. The SMILES string of the molecule is Cc1ccc(S(=O)(=O)N[C@H](CC(=O)O)c2cccs2)cc1. The summed E-state index contributed by atoms with van der Waals surface area (Å²) in [6, 6.07) is 9.12. The van der Waals surface area contributed by atoms with Gasteiger partial charge >= 0.3 is 5.97 Å². The highest BCUT2D eigenvalue weighted by Crippen LogP contribution is 2.24. The zero-order valence-electron chi connectivity index (χ0n) is 11.3. The Kier molecular flexibility index (Phi) is 4.76. The average molecular weight is 325 g/mol. The highest BCUT2D eigenvalue weighted by Gasteiger charge is 2.24. The van der Waals surface area contributed by atoms with Crippen LogP contribution in [0, 0.1) is 6.92 Å². The minimum absolute atomic E-state index is 0.125. The summed E-state index contributed by atoms with van der Waals surface area (Å²) in [6.07, 6.45) is -0.300. The lowest BCUT2D eigenvalue weighted by molar-refractivity contribution is -0.137. The molecular formula is C14H15NO4S2. The molecule has 0 radical (unpaired) electrons. The van der Waals surface area contributed by atoms with Crippen molar-refractivity contribution in [3.05, 3.63) is 52.2 Å². The lowest BCUT2D eigenvalue weighted by Gasteiger charge is -2.15. The van der Waals surface area contributed by atoms with Crippen LogP contribution in [0.3, 0.4) is 0 Å². The van der Waals surface area contributed by atoms with E-state index in [0.717, 1.165) is 5.56 Å². The Morgan fingerprint density at radius 2 is 1.95 bits per heavy atom. The van der Waals surface area contributed by atoms with Gasteiger partial charge in [0, 0.05) is 4.88 Å². The van der Waals surface area contributed by atoms with Crippen LogP contribution in [0.15, 0.2) is 46.7 Å². The van der Waals surface area contributed by atoms with Crippen LogP contribution in [0.2, 0.25) is 0 Å². The van der Waals surface area contributed by atoms with Crippen molar-refractivity contribution in [3.63, 3.8) is 0 Å². The van der Waals surface area contributed by atoms with Gasteiger partial charge in [0.15, 0.2) is 0 Å². The Hall–Kier alpha value is -1.70. The van der Waals surface area contributed by atoms with Gasteiger partial charge in [-0.3, -0.25) is 4.79 Å². The number of benzene rings is 1. The molecule has 5 nitrogen and oxygen atoms in total. The first-order valence-electron chi connectivity index (χ1n) is 6.22. The number of carbonyl (C=O) groups is 1. The second kappa shape index (κ2) is 6.38. The quantitative estimate of drug-likeness (QED) is 0.855. The number of hydrogen-bond donors (Lipinski definition) is 2. The summed E-state index contributed by atoms with van der Waals surface area (Å²) in [5, 5.41) is 10.7. The van der Waals surface area contributed by atoms with Crippen molar-refractivity contribution < 1.29 is 18.3 Å². The van der Waals surface area contributed by atoms with E-state index in [-0.39, 0.29) is 11.3 Å². The van der Waals surface area contributed by atoms with Gasteiger partial charge in [-0.05, 0) is 30.5 Å². The van der Waals surface area contributed by atoms with Crippen molar-refractivity contribution in [1.82, 2.24) is 4.72 Å². The molecule has 0 aliphatic carbocycles. The third-order valence-electron chi connectivity index (χ3n) is 2.89. The van der Waals surface area contributed by atoms with E-state index in [2.05, 4.69) is 4.72 Å². The number of nitrogens with one attached hydrogen (secondary N) is 1. The van der Waals surface area contributed by atoms with Crippen LogP contribution in [-0.4, -0.2) is 19.5 Å². The predicted octanol–water partition coefficient (Wildman–Crippen LogP) is 2.55. The van der Waals surface area contributed by atoms with Gasteiger partial charge in [-0.1, -0.05) is 23.8 Å².